The maximum Gasteiger partial charge on any atom is 0.125 e. The average molecular weight is 225 g/mol. The van der Waals surface area contributed by atoms with Gasteiger partial charge in [-0.15, -0.1) is 0 Å². The third kappa shape index (κ3) is 8.27. The van der Waals surface area contributed by atoms with Gasteiger partial charge in [0.25, 0.3) is 0 Å². The van der Waals surface area contributed by atoms with E-state index < -0.39 is 0 Å². The summed E-state index contributed by atoms with van der Waals surface area (Å²) in [5, 5.41) is 2.83. The number of benzene rings is 1. The molecular weight excluding hydrogens is 201 g/mol. The second-order valence-electron chi connectivity index (χ2n) is 3.82. The molecule has 1 aromatic carbocycles. The Hall–Kier alpha value is -1.05. The Kier molecular flexibility index (Phi) is 9.78. The second-order valence-corrected chi connectivity index (χ2v) is 3.82. The van der Waals surface area contributed by atoms with E-state index in [0.29, 0.717) is 0 Å². The SMILES string of the molecule is CCCCCCC.CNc1cccc(F)c1. The highest BCUT2D eigenvalue weighted by atomic mass is 19.1. The summed E-state index contributed by atoms with van der Waals surface area (Å²) < 4.78 is 12.3. The molecule has 16 heavy (non-hydrogen) atoms. The molecule has 92 valence electrons. The van der Waals surface area contributed by atoms with Crippen LogP contribution in [0.15, 0.2) is 24.3 Å². The Morgan fingerprint density at radius 3 is 2.06 bits per heavy atom. The maximum absolute atomic E-state index is 12.3. The number of unbranched alkanes of at least 4 members (excludes halogenated alkanes) is 4. The number of rotatable bonds is 5. The van der Waals surface area contributed by atoms with Crippen LogP contribution in [0.2, 0.25) is 0 Å². The van der Waals surface area contributed by atoms with Gasteiger partial charge in [0.15, 0.2) is 0 Å². The van der Waals surface area contributed by atoms with Crippen LogP contribution >= 0.6 is 0 Å². The van der Waals surface area contributed by atoms with Crippen LogP contribution in [0.3, 0.4) is 0 Å². The van der Waals surface area contributed by atoms with Gasteiger partial charge in [-0.25, -0.2) is 4.39 Å². The maximum atomic E-state index is 12.3. The molecule has 1 rings (SSSR count). The van der Waals surface area contributed by atoms with E-state index in [2.05, 4.69) is 19.2 Å². The van der Waals surface area contributed by atoms with E-state index in [1.54, 1.807) is 13.1 Å². The van der Waals surface area contributed by atoms with Crippen molar-refractivity contribution in [2.24, 2.45) is 0 Å². The van der Waals surface area contributed by atoms with Crippen LogP contribution in [0.5, 0.6) is 0 Å². The number of halogens is 1. The van der Waals surface area contributed by atoms with Gasteiger partial charge in [0, 0.05) is 12.7 Å². The molecule has 1 nitrogen and oxygen atoms in total. The van der Waals surface area contributed by atoms with Crippen molar-refractivity contribution >= 4 is 5.69 Å². The summed E-state index contributed by atoms with van der Waals surface area (Å²) in [6.07, 6.45) is 7.01. The van der Waals surface area contributed by atoms with Gasteiger partial charge in [0.05, 0.1) is 0 Å². The minimum absolute atomic E-state index is 0.207. The van der Waals surface area contributed by atoms with Gasteiger partial charge in [0.1, 0.15) is 5.82 Å². The zero-order chi connectivity index (χ0) is 12.2. The highest BCUT2D eigenvalue weighted by Gasteiger charge is 1.88. The molecule has 0 aliphatic heterocycles. The monoisotopic (exact) mass is 225 g/mol. The van der Waals surface area contributed by atoms with Gasteiger partial charge in [0.2, 0.25) is 0 Å². The number of hydrogen-bond donors (Lipinski definition) is 1. The third-order valence-electron chi connectivity index (χ3n) is 2.32. The smallest absolute Gasteiger partial charge is 0.125 e. The lowest BCUT2D eigenvalue weighted by Gasteiger charge is -1.96. The van der Waals surface area contributed by atoms with Crippen LogP contribution in [-0.4, -0.2) is 7.05 Å². The van der Waals surface area contributed by atoms with Crippen molar-refractivity contribution in [3.63, 3.8) is 0 Å². The molecule has 0 amide bonds. The highest BCUT2D eigenvalue weighted by Crippen LogP contribution is 2.06. The molecule has 2 heteroatoms. The van der Waals surface area contributed by atoms with Crippen molar-refractivity contribution in [2.45, 2.75) is 46.0 Å². The molecule has 1 aromatic rings. The summed E-state index contributed by atoms with van der Waals surface area (Å²) in [6, 6.07) is 6.34. The summed E-state index contributed by atoms with van der Waals surface area (Å²) in [5.41, 5.74) is 0.801. The quantitative estimate of drug-likeness (QED) is 0.707. The van der Waals surface area contributed by atoms with E-state index in [1.165, 1.54) is 44.2 Å². The fraction of sp³-hybridized carbons (Fsp3) is 0.571. The van der Waals surface area contributed by atoms with Gasteiger partial charge in [-0.1, -0.05) is 52.0 Å². The Bertz CT molecular complexity index is 257. The summed E-state index contributed by atoms with van der Waals surface area (Å²) in [7, 11) is 1.76. The van der Waals surface area contributed by atoms with Crippen LogP contribution in [0.1, 0.15) is 46.0 Å². The minimum atomic E-state index is -0.207. The summed E-state index contributed by atoms with van der Waals surface area (Å²) in [6.45, 7) is 4.49. The number of nitrogens with one attached hydrogen (secondary N) is 1. The topological polar surface area (TPSA) is 12.0 Å². The predicted molar refractivity (Wildman–Crippen MR) is 70.4 cm³/mol. The second kappa shape index (κ2) is 10.5. The fourth-order valence-corrected chi connectivity index (χ4v) is 1.32. The largest absolute Gasteiger partial charge is 0.388 e. The number of hydrogen-bond acceptors (Lipinski definition) is 1. The Morgan fingerprint density at radius 1 is 1.06 bits per heavy atom. The Labute approximate surface area is 99.1 Å². The van der Waals surface area contributed by atoms with E-state index in [9.17, 15) is 4.39 Å². The molecule has 0 aliphatic rings. The Balaban J connectivity index is 0.000000293. The van der Waals surface area contributed by atoms with Gasteiger partial charge in [-0.05, 0) is 18.2 Å². The van der Waals surface area contributed by atoms with Gasteiger partial charge < -0.3 is 5.32 Å². The zero-order valence-corrected chi connectivity index (χ0v) is 10.7. The van der Waals surface area contributed by atoms with Crippen LogP contribution in [0.25, 0.3) is 0 Å². The van der Waals surface area contributed by atoms with Gasteiger partial charge in [-0.3, -0.25) is 0 Å². The summed E-state index contributed by atoms with van der Waals surface area (Å²) >= 11 is 0. The van der Waals surface area contributed by atoms with Gasteiger partial charge in [-0.2, -0.15) is 0 Å². The summed E-state index contributed by atoms with van der Waals surface area (Å²) in [4.78, 5) is 0. The molecule has 1 N–H and O–H groups in total. The first-order valence-corrected chi connectivity index (χ1v) is 6.17. The first-order chi connectivity index (χ1) is 7.74. The third-order valence-corrected chi connectivity index (χ3v) is 2.32. The normalized spacial score (nSPS) is 9.25. The molecular formula is C14H24FN. The fourth-order valence-electron chi connectivity index (χ4n) is 1.32. The van der Waals surface area contributed by atoms with E-state index in [-0.39, 0.29) is 5.82 Å². The molecule has 0 heterocycles. The van der Waals surface area contributed by atoms with Crippen molar-refractivity contribution in [3.05, 3.63) is 30.1 Å². The molecule has 0 unspecified atom stereocenters. The lowest BCUT2D eigenvalue weighted by atomic mass is 10.2. The van der Waals surface area contributed by atoms with Crippen molar-refractivity contribution in [1.29, 1.82) is 0 Å². The molecule has 0 saturated carbocycles. The van der Waals surface area contributed by atoms with Gasteiger partial charge >= 0.3 is 0 Å². The summed E-state index contributed by atoms with van der Waals surface area (Å²) in [5.74, 6) is -0.207. The molecule has 0 spiro atoms. The first-order valence-electron chi connectivity index (χ1n) is 6.17. The van der Waals surface area contributed by atoms with Crippen molar-refractivity contribution in [3.8, 4) is 0 Å². The average Bonchev–Trinajstić information content (AvgIpc) is 2.31. The van der Waals surface area contributed by atoms with Crippen LogP contribution < -0.4 is 5.32 Å². The molecule has 0 atom stereocenters. The van der Waals surface area contributed by atoms with Crippen LogP contribution in [-0.2, 0) is 0 Å². The molecule has 0 fully saturated rings. The number of anilines is 1. The van der Waals surface area contributed by atoms with E-state index in [4.69, 9.17) is 0 Å². The lowest BCUT2D eigenvalue weighted by molar-refractivity contribution is 0.628. The molecule has 0 radical (unpaired) electrons. The van der Waals surface area contributed by atoms with Crippen molar-refractivity contribution < 1.29 is 4.39 Å². The zero-order valence-electron chi connectivity index (χ0n) is 10.7. The molecule has 0 aliphatic carbocycles. The predicted octanol–water partition coefficient (Wildman–Crippen LogP) is 4.84. The minimum Gasteiger partial charge on any atom is -0.388 e. The van der Waals surface area contributed by atoms with E-state index in [0.717, 1.165) is 5.69 Å². The first kappa shape index (κ1) is 14.9. The van der Waals surface area contributed by atoms with E-state index >= 15 is 0 Å². The van der Waals surface area contributed by atoms with E-state index in [1.807, 2.05) is 6.07 Å². The van der Waals surface area contributed by atoms with Crippen LogP contribution in [0.4, 0.5) is 10.1 Å². The standard InChI is InChI=1S/C7H8FN.C7H16/c1-9-7-4-2-3-6(8)5-7;1-3-5-7-6-4-2/h2-5,9H,1H3;3-7H2,1-2H3. The lowest BCUT2D eigenvalue weighted by Crippen LogP contribution is -1.86. The molecule has 0 bridgehead atoms. The van der Waals surface area contributed by atoms with Crippen molar-refractivity contribution in [2.75, 3.05) is 12.4 Å². The Morgan fingerprint density at radius 2 is 1.69 bits per heavy atom. The molecule has 0 saturated heterocycles. The van der Waals surface area contributed by atoms with Crippen molar-refractivity contribution in [1.82, 2.24) is 0 Å². The van der Waals surface area contributed by atoms with Crippen LogP contribution in [0, 0.1) is 5.82 Å². The highest BCUT2D eigenvalue weighted by molar-refractivity contribution is 5.41. The molecule has 0 aromatic heterocycles.